The molecular formula is C16H28N2O2. The first-order valence-corrected chi connectivity index (χ1v) is 8.16. The Labute approximate surface area is 122 Å². The van der Waals surface area contributed by atoms with Crippen molar-refractivity contribution in [1.29, 1.82) is 0 Å². The van der Waals surface area contributed by atoms with Gasteiger partial charge in [-0.2, -0.15) is 0 Å². The van der Waals surface area contributed by atoms with E-state index < -0.39 is 0 Å². The SMILES string of the molecule is CC(=O)C1CCCCN1C(C)C(=O)N1CCCCCC1. The number of piperidine rings is 1. The van der Waals surface area contributed by atoms with Crippen LogP contribution in [0.2, 0.25) is 0 Å². The van der Waals surface area contributed by atoms with Gasteiger partial charge in [-0.25, -0.2) is 0 Å². The van der Waals surface area contributed by atoms with Crippen LogP contribution in [-0.2, 0) is 9.59 Å². The zero-order valence-corrected chi connectivity index (χ0v) is 12.9. The van der Waals surface area contributed by atoms with E-state index in [1.54, 1.807) is 6.92 Å². The molecule has 2 rings (SSSR count). The largest absolute Gasteiger partial charge is 0.341 e. The predicted octanol–water partition coefficient (Wildman–Crippen LogP) is 2.22. The van der Waals surface area contributed by atoms with Crippen LogP contribution in [-0.4, -0.2) is 53.2 Å². The molecule has 20 heavy (non-hydrogen) atoms. The Bertz CT molecular complexity index is 348. The maximum Gasteiger partial charge on any atom is 0.239 e. The van der Waals surface area contributed by atoms with Crippen LogP contribution >= 0.6 is 0 Å². The second-order valence-corrected chi connectivity index (χ2v) is 6.28. The molecular weight excluding hydrogens is 252 g/mol. The molecule has 1 amide bonds. The van der Waals surface area contributed by atoms with E-state index in [2.05, 4.69) is 4.90 Å². The summed E-state index contributed by atoms with van der Waals surface area (Å²) in [5.74, 6) is 0.431. The molecule has 2 unspecified atom stereocenters. The van der Waals surface area contributed by atoms with Gasteiger partial charge in [0, 0.05) is 13.1 Å². The molecule has 0 bridgehead atoms. The van der Waals surface area contributed by atoms with Crippen molar-refractivity contribution in [2.75, 3.05) is 19.6 Å². The number of carbonyl (C=O) groups excluding carboxylic acids is 2. The van der Waals surface area contributed by atoms with Gasteiger partial charge in [0.05, 0.1) is 12.1 Å². The maximum atomic E-state index is 12.7. The van der Waals surface area contributed by atoms with Crippen LogP contribution in [0.4, 0.5) is 0 Å². The highest BCUT2D eigenvalue weighted by Gasteiger charge is 2.34. The van der Waals surface area contributed by atoms with Gasteiger partial charge >= 0.3 is 0 Å². The van der Waals surface area contributed by atoms with E-state index in [9.17, 15) is 9.59 Å². The predicted molar refractivity (Wildman–Crippen MR) is 79.5 cm³/mol. The van der Waals surface area contributed by atoms with E-state index >= 15 is 0 Å². The zero-order chi connectivity index (χ0) is 14.5. The van der Waals surface area contributed by atoms with Crippen LogP contribution in [0.3, 0.4) is 0 Å². The van der Waals surface area contributed by atoms with Crippen LogP contribution < -0.4 is 0 Å². The van der Waals surface area contributed by atoms with Gasteiger partial charge in [0.25, 0.3) is 0 Å². The van der Waals surface area contributed by atoms with E-state index in [1.807, 2.05) is 11.8 Å². The second kappa shape index (κ2) is 7.21. The minimum Gasteiger partial charge on any atom is -0.341 e. The molecule has 0 radical (unpaired) electrons. The summed E-state index contributed by atoms with van der Waals surface area (Å²) in [5.41, 5.74) is 0. The Kier molecular flexibility index (Phi) is 5.58. The quantitative estimate of drug-likeness (QED) is 0.796. The Morgan fingerprint density at radius 3 is 2.15 bits per heavy atom. The average Bonchev–Trinajstić information content (AvgIpc) is 2.74. The van der Waals surface area contributed by atoms with Crippen molar-refractivity contribution in [2.24, 2.45) is 0 Å². The molecule has 0 N–H and O–H groups in total. The summed E-state index contributed by atoms with van der Waals surface area (Å²) in [5, 5.41) is 0. The fourth-order valence-corrected chi connectivity index (χ4v) is 3.55. The third-order valence-corrected chi connectivity index (χ3v) is 4.79. The van der Waals surface area contributed by atoms with Crippen LogP contribution in [0.15, 0.2) is 0 Å². The lowest BCUT2D eigenvalue weighted by atomic mass is 9.97. The molecule has 2 atom stereocenters. The first kappa shape index (κ1) is 15.5. The molecule has 114 valence electrons. The van der Waals surface area contributed by atoms with Gasteiger partial charge in [-0.05, 0) is 46.1 Å². The lowest BCUT2D eigenvalue weighted by molar-refractivity contribution is -0.139. The number of carbonyl (C=O) groups is 2. The molecule has 2 aliphatic heterocycles. The van der Waals surface area contributed by atoms with Gasteiger partial charge in [-0.3, -0.25) is 14.5 Å². The normalized spacial score (nSPS) is 26.9. The number of rotatable bonds is 3. The Morgan fingerprint density at radius 1 is 0.950 bits per heavy atom. The molecule has 0 aromatic rings. The molecule has 2 fully saturated rings. The van der Waals surface area contributed by atoms with Gasteiger partial charge < -0.3 is 4.90 Å². The van der Waals surface area contributed by atoms with Gasteiger partial charge in [-0.1, -0.05) is 19.3 Å². The molecule has 0 spiro atoms. The summed E-state index contributed by atoms with van der Waals surface area (Å²) < 4.78 is 0. The molecule has 4 nitrogen and oxygen atoms in total. The number of Topliss-reactive ketones (excluding diaryl/α,β-unsaturated/α-hetero) is 1. The number of hydrogen-bond acceptors (Lipinski definition) is 3. The summed E-state index contributed by atoms with van der Waals surface area (Å²) in [6, 6.07) is -0.197. The van der Waals surface area contributed by atoms with Gasteiger partial charge in [0.1, 0.15) is 5.78 Å². The highest BCUT2D eigenvalue weighted by atomic mass is 16.2. The molecule has 0 saturated carbocycles. The van der Waals surface area contributed by atoms with E-state index in [1.165, 1.54) is 12.8 Å². The molecule has 2 saturated heterocycles. The summed E-state index contributed by atoms with van der Waals surface area (Å²) in [6.45, 7) is 6.30. The molecule has 0 aromatic heterocycles. The highest BCUT2D eigenvalue weighted by molar-refractivity contribution is 5.85. The van der Waals surface area contributed by atoms with Crippen molar-refractivity contribution in [2.45, 2.75) is 70.9 Å². The average molecular weight is 280 g/mol. The standard InChI is InChI=1S/C16H28N2O2/c1-13(16(20)17-10-6-3-4-7-11-17)18-12-8-5-9-15(18)14(2)19/h13,15H,3-12H2,1-2H3. The Hall–Kier alpha value is -0.900. The second-order valence-electron chi connectivity index (χ2n) is 6.28. The fourth-order valence-electron chi connectivity index (χ4n) is 3.55. The summed E-state index contributed by atoms with van der Waals surface area (Å²) >= 11 is 0. The molecule has 0 aliphatic carbocycles. The van der Waals surface area contributed by atoms with E-state index in [-0.39, 0.29) is 23.8 Å². The van der Waals surface area contributed by atoms with Gasteiger partial charge in [0.2, 0.25) is 5.91 Å². The van der Waals surface area contributed by atoms with Crippen molar-refractivity contribution in [1.82, 2.24) is 9.80 Å². The lowest BCUT2D eigenvalue weighted by Gasteiger charge is -2.39. The maximum absolute atomic E-state index is 12.7. The molecule has 2 heterocycles. The fraction of sp³-hybridized carbons (Fsp3) is 0.875. The third kappa shape index (κ3) is 3.60. The lowest BCUT2D eigenvalue weighted by Crippen LogP contribution is -2.54. The van der Waals surface area contributed by atoms with Crippen LogP contribution in [0.5, 0.6) is 0 Å². The first-order chi connectivity index (χ1) is 9.61. The van der Waals surface area contributed by atoms with Gasteiger partial charge in [0.15, 0.2) is 0 Å². The monoisotopic (exact) mass is 280 g/mol. The number of likely N-dealkylation sites (tertiary alicyclic amines) is 2. The highest BCUT2D eigenvalue weighted by Crippen LogP contribution is 2.22. The van der Waals surface area contributed by atoms with Crippen molar-refractivity contribution in [3.05, 3.63) is 0 Å². The van der Waals surface area contributed by atoms with E-state index in [4.69, 9.17) is 0 Å². The summed E-state index contributed by atoms with van der Waals surface area (Å²) in [7, 11) is 0. The van der Waals surface area contributed by atoms with E-state index in [0.717, 1.165) is 51.7 Å². The molecule has 4 heteroatoms. The number of ketones is 1. The van der Waals surface area contributed by atoms with Crippen LogP contribution in [0.25, 0.3) is 0 Å². The number of amides is 1. The van der Waals surface area contributed by atoms with Crippen LogP contribution in [0.1, 0.15) is 58.8 Å². The molecule has 0 aromatic carbocycles. The Balaban J connectivity index is 2.01. The molecule has 2 aliphatic rings. The first-order valence-electron chi connectivity index (χ1n) is 8.16. The third-order valence-electron chi connectivity index (χ3n) is 4.79. The summed E-state index contributed by atoms with van der Waals surface area (Å²) in [6.07, 6.45) is 7.82. The topological polar surface area (TPSA) is 40.6 Å². The zero-order valence-electron chi connectivity index (χ0n) is 12.9. The number of hydrogen-bond donors (Lipinski definition) is 0. The van der Waals surface area contributed by atoms with Gasteiger partial charge in [-0.15, -0.1) is 0 Å². The number of nitrogens with zero attached hydrogens (tertiary/aromatic N) is 2. The Morgan fingerprint density at radius 2 is 1.55 bits per heavy atom. The smallest absolute Gasteiger partial charge is 0.239 e. The van der Waals surface area contributed by atoms with E-state index in [0.29, 0.717) is 0 Å². The van der Waals surface area contributed by atoms with Crippen molar-refractivity contribution in [3.63, 3.8) is 0 Å². The van der Waals surface area contributed by atoms with Crippen molar-refractivity contribution < 1.29 is 9.59 Å². The summed E-state index contributed by atoms with van der Waals surface area (Å²) in [4.78, 5) is 28.6. The van der Waals surface area contributed by atoms with Crippen molar-refractivity contribution in [3.8, 4) is 0 Å². The minimum absolute atomic E-state index is 0.0466. The van der Waals surface area contributed by atoms with Crippen LogP contribution in [0, 0.1) is 0 Å². The minimum atomic E-state index is -0.151. The van der Waals surface area contributed by atoms with Crippen molar-refractivity contribution >= 4 is 11.7 Å².